The van der Waals surface area contributed by atoms with Gasteiger partial charge in [-0.3, -0.25) is 0 Å². The summed E-state index contributed by atoms with van der Waals surface area (Å²) in [4.78, 5) is 2.19. The van der Waals surface area contributed by atoms with Crippen LogP contribution in [0.3, 0.4) is 0 Å². The second-order valence-corrected chi connectivity index (χ2v) is 10.2. The Morgan fingerprint density at radius 3 is 2.42 bits per heavy atom. The number of hydrogen-bond donors (Lipinski definition) is 3. The van der Waals surface area contributed by atoms with E-state index in [0.29, 0.717) is 17.7 Å². The van der Waals surface area contributed by atoms with E-state index in [9.17, 15) is 19.7 Å². The molecule has 5 atom stereocenters. The predicted octanol–water partition coefficient (Wildman–Crippen LogP) is 4.31. The van der Waals surface area contributed by atoms with Gasteiger partial charge in [0.2, 0.25) is 0 Å². The number of benzene rings is 2. The number of halogens is 1. The zero-order chi connectivity index (χ0) is 23.7. The Bertz CT molecular complexity index is 1100. The van der Waals surface area contributed by atoms with Gasteiger partial charge in [0.05, 0.1) is 7.11 Å². The third-order valence-electron chi connectivity index (χ3n) is 5.95. The topological polar surface area (TPSA) is 79.2 Å². The number of aryl methyl sites for hydroxylation is 1. The van der Waals surface area contributed by atoms with E-state index in [0.717, 1.165) is 26.4 Å². The van der Waals surface area contributed by atoms with Crippen molar-refractivity contribution in [3.63, 3.8) is 0 Å². The van der Waals surface area contributed by atoms with Crippen molar-refractivity contribution in [1.29, 1.82) is 0 Å². The molecule has 1 aromatic heterocycles. The number of aliphatic hydroxyl groups is 3. The van der Waals surface area contributed by atoms with Crippen LogP contribution in [0.25, 0.3) is 10.4 Å². The molecule has 33 heavy (non-hydrogen) atoms. The third-order valence-corrected chi connectivity index (χ3v) is 7.94. The molecule has 176 valence electrons. The fourth-order valence-electron chi connectivity index (χ4n) is 4.06. The maximum atomic E-state index is 13.2. The smallest absolute Gasteiger partial charge is 0.132 e. The highest BCUT2D eigenvalue weighted by Crippen LogP contribution is 2.41. The van der Waals surface area contributed by atoms with Gasteiger partial charge in [-0.15, -0.1) is 23.1 Å². The molecule has 4 rings (SSSR count). The lowest BCUT2D eigenvalue weighted by molar-refractivity contribution is -0.200. The average Bonchev–Trinajstić information content (AvgIpc) is 3.28. The summed E-state index contributed by atoms with van der Waals surface area (Å²) in [6.07, 6.45) is -2.20. The van der Waals surface area contributed by atoms with E-state index in [4.69, 9.17) is 9.47 Å². The molecule has 0 amide bonds. The molecule has 0 bridgehead atoms. The van der Waals surface area contributed by atoms with Crippen LogP contribution in [0.1, 0.15) is 27.7 Å². The van der Waals surface area contributed by atoms with Crippen LogP contribution in [0.2, 0.25) is 0 Å². The van der Waals surface area contributed by atoms with Crippen LogP contribution in [-0.2, 0) is 11.2 Å². The summed E-state index contributed by atoms with van der Waals surface area (Å²) >= 11 is 2.92. The lowest BCUT2D eigenvalue weighted by atomic mass is 9.91. The van der Waals surface area contributed by atoms with Gasteiger partial charge in [-0.2, -0.15) is 0 Å². The molecule has 2 aromatic carbocycles. The van der Waals surface area contributed by atoms with Gasteiger partial charge in [0, 0.05) is 21.7 Å². The normalized spacial score (nSPS) is 25.2. The Labute approximate surface area is 200 Å². The molecular formula is C25H27FO5S2. The van der Waals surface area contributed by atoms with Crippen LogP contribution in [0.15, 0.2) is 48.5 Å². The van der Waals surface area contributed by atoms with Crippen LogP contribution in [0, 0.1) is 12.7 Å². The molecule has 1 aliphatic rings. The van der Waals surface area contributed by atoms with E-state index in [1.165, 1.54) is 23.9 Å². The summed E-state index contributed by atoms with van der Waals surface area (Å²) in [7, 11) is 1.55. The second kappa shape index (κ2) is 10.1. The Balaban J connectivity index is 1.64. The molecule has 3 aromatic rings. The largest absolute Gasteiger partial charge is 0.496 e. The summed E-state index contributed by atoms with van der Waals surface area (Å²) in [6, 6.07) is 14.4. The summed E-state index contributed by atoms with van der Waals surface area (Å²) in [5.41, 5.74) is 2.99. The van der Waals surface area contributed by atoms with Gasteiger partial charge in [-0.05, 0) is 66.3 Å². The fraction of sp³-hybridized carbons (Fsp3) is 0.360. The molecular weight excluding hydrogens is 463 g/mol. The molecule has 5 nitrogen and oxygen atoms in total. The number of thiophene rings is 1. The van der Waals surface area contributed by atoms with Crippen molar-refractivity contribution >= 4 is 23.1 Å². The molecule has 1 saturated heterocycles. The van der Waals surface area contributed by atoms with Crippen molar-refractivity contribution in [3.8, 4) is 16.2 Å². The maximum absolute atomic E-state index is 13.2. The minimum Gasteiger partial charge on any atom is -0.496 e. The first kappa shape index (κ1) is 24.2. The van der Waals surface area contributed by atoms with E-state index < -0.39 is 29.9 Å². The van der Waals surface area contributed by atoms with Crippen molar-refractivity contribution in [1.82, 2.24) is 0 Å². The average molecular weight is 491 g/mol. The summed E-state index contributed by atoms with van der Waals surface area (Å²) in [5.74, 6) is 0.298. The highest BCUT2D eigenvalue weighted by molar-refractivity contribution is 7.99. The molecule has 1 fully saturated rings. The predicted molar refractivity (Wildman–Crippen MR) is 129 cm³/mol. The number of rotatable bonds is 6. The highest BCUT2D eigenvalue weighted by atomic mass is 32.2. The van der Waals surface area contributed by atoms with Crippen molar-refractivity contribution in [3.05, 3.63) is 75.9 Å². The lowest BCUT2D eigenvalue weighted by Gasteiger charge is -2.40. The Morgan fingerprint density at radius 2 is 1.76 bits per heavy atom. The molecule has 0 unspecified atom stereocenters. The Hall–Kier alpha value is -1.94. The van der Waals surface area contributed by atoms with Crippen LogP contribution < -0.4 is 4.74 Å². The van der Waals surface area contributed by atoms with Crippen LogP contribution in [-0.4, -0.2) is 52.4 Å². The van der Waals surface area contributed by atoms with E-state index in [1.807, 2.05) is 25.1 Å². The van der Waals surface area contributed by atoms with E-state index in [-0.39, 0.29) is 5.82 Å². The van der Waals surface area contributed by atoms with Gasteiger partial charge in [0.25, 0.3) is 0 Å². The monoisotopic (exact) mass is 490 g/mol. The first-order valence-corrected chi connectivity index (χ1v) is 12.7. The van der Waals surface area contributed by atoms with Crippen molar-refractivity contribution < 1.29 is 29.2 Å². The van der Waals surface area contributed by atoms with Crippen LogP contribution in [0.4, 0.5) is 4.39 Å². The van der Waals surface area contributed by atoms with Crippen molar-refractivity contribution in [2.24, 2.45) is 0 Å². The Kier molecular flexibility index (Phi) is 7.43. The molecule has 2 heterocycles. The van der Waals surface area contributed by atoms with E-state index >= 15 is 0 Å². The minimum atomic E-state index is -1.33. The molecule has 0 spiro atoms. The third kappa shape index (κ3) is 4.96. The second-order valence-electron chi connectivity index (χ2n) is 8.10. The van der Waals surface area contributed by atoms with Gasteiger partial charge in [-0.1, -0.05) is 12.1 Å². The van der Waals surface area contributed by atoms with Crippen molar-refractivity contribution in [2.45, 2.75) is 43.2 Å². The van der Waals surface area contributed by atoms with E-state index in [1.54, 1.807) is 36.8 Å². The van der Waals surface area contributed by atoms with Crippen molar-refractivity contribution in [2.75, 3.05) is 13.4 Å². The SMILES string of the molecule is COc1cc(C)c(Cc2ccc(-c3ccc(F)cc3)s2)cc1[C@@H]1O[C@H](SC)[C@@H](O)[C@H](O)[C@H]1O. The zero-order valence-corrected chi connectivity index (χ0v) is 20.2. The number of ether oxygens (including phenoxy) is 2. The fourth-order valence-corrected chi connectivity index (χ4v) is 5.77. The van der Waals surface area contributed by atoms with Gasteiger partial charge in [-0.25, -0.2) is 4.39 Å². The quantitative estimate of drug-likeness (QED) is 0.478. The van der Waals surface area contributed by atoms with Gasteiger partial charge in [0.15, 0.2) is 0 Å². The Morgan fingerprint density at radius 1 is 1.03 bits per heavy atom. The number of thioether (sulfide) groups is 1. The first-order valence-electron chi connectivity index (χ1n) is 10.6. The minimum absolute atomic E-state index is 0.259. The molecule has 0 aliphatic carbocycles. The van der Waals surface area contributed by atoms with Crippen LogP contribution in [0.5, 0.6) is 5.75 Å². The van der Waals surface area contributed by atoms with Gasteiger partial charge >= 0.3 is 0 Å². The lowest BCUT2D eigenvalue weighted by Crippen LogP contribution is -2.53. The number of aliphatic hydroxyl groups excluding tert-OH is 3. The van der Waals surface area contributed by atoms with Gasteiger partial charge < -0.3 is 24.8 Å². The molecule has 1 aliphatic heterocycles. The zero-order valence-electron chi connectivity index (χ0n) is 18.6. The highest BCUT2D eigenvalue weighted by Gasteiger charge is 2.45. The molecule has 3 N–H and O–H groups in total. The maximum Gasteiger partial charge on any atom is 0.132 e. The molecule has 0 saturated carbocycles. The summed E-state index contributed by atoms with van der Waals surface area (Å²) < 4.78 is 24.8. The number of methoxy groups -OCH3 is 1. The standard InChI is InChI=1S/C25H27FO5S2/c1-13-10-19(30-2)18(24-22(28)21(27)23(29)25(31-24)32-3)12-15(13)11-17-8-9-20(33-17)14-4-6-16(26)7-5-14/h4-10,12,21-25,27-29H,11H2,1-3H3/t21-,22-,23+,24+,25-/m1/s1. The summed E-state index contributed by atoms with van der Waals surface area (Å²) in [5, 5.41) is 31.2. The first-order chi connectivity index (χ1) is 15.8. The van der Waals surface area contributed by atoms with E-state index in [2.05, 4.69) is 6.07 Å². The molecule has 8 heteroatoms. The van der Waals surface area contributed by atoms with Crippen LogP contribution >= 0.6 is 23.1 Å². The molecule has 0 radical (unpaired) electrons. The number of hydrogen-bond acceptors (Lipinski definition) is 7. The van der Waals surface area contributed by atoms with Gasteiger partial charge in [0.1, 0.15) is 41.4 Å². The summed E-state index contributed by atoms with van der Waals surface area (Å²) in [6.45, 7) is 2.00.